The second kappa shape index (κ2) is 4.82. The zero-order chi connectivity index (χ0) is 9.68. The van der Waals surface area contributed by atoms with Crippen molar-refractivity contribution in [2.75, 3.05) is 0 Å². The van der Waals surface area contributed by atoms with E-state index in [-0.39, 0.29) is 0 Å². The summed E-state index contributed by atoms with van der Waals surface area (Å²) in [7, 11) is 0. The fourth-order valence-corrected chi connectivity index (χ4v) is 0.969. The number of allylic oxidation sites excluding steroid dienone is 5. The van der Waals surface area contributed by atoms with Gasteiger partial charge in [-0.2, -0.15) is 0 Å². The first-order chi connectivity index (χ1) is 6.24. The van der Waals surface area contributed by atoms with Crippen molar-refractivity contribution in [2.24, 2.45) is 0 Å². The fourth-order valence-electron chi connectivity index (χ4n) is 0.837. The molecular formula is C10H10BrNO. The molecule has 3 heteroatoms. The van der Waals surface area contributed by atoms with Crippen LogP contribution in [-0.2, 0) is 0 Å². The number of nitrogens with zero attached hydrogens (tertiary/aromatic N) is 1. The van der Waals surface area contributed by atoms with Crippen LogP contribution in [0.1, 0.15) is 12.8 Å². The molecule has 1 rings (SSSR count). The van der Waals surface area contributed by atoms with Gasteiger partial charge >= 0.3 is 0 Å². The van der Waals surface area contributed by atoms with Crippen LogP contribution in [0.25, 0.3) is 5.57 Å². The van der Waals surface area contributed by atoms with Crippen molar-refractivity contribution in [2.45, 2.75) is 6.92 Å². The largest absolute Gasteiger partial charge is 0.445 e. The first kappa shape index (κ1) is 9.99. The molecule has 0 radical (unpaired) electrons. The third-order valence-electron chi connectivity index (χ3n) is 1.43. The van der Waals surface area contributed by atoms with Gasteiger partial charge < -0.3 is 4.42 Å². The molecule has 1 aromatic heterocycles. The molecule has 0 aromatic carbocycles. The van der Waals surface area contributed by atoms with Crippen LogP contribution >= 0.6 is 15.9 Å². The average Bonchev–Trinajstić information content (AvgIpc) is 2.58. The summed E-state index contributed by atoms with van der Waals surface area (Å²) in [6.45, 7) is 5.63. The number of hydrogen-bond acceptors (Lipinski definition) is 2. The summed E-state index contributed by atoms with van der Waals surface area (Å²) in [5, 5.41) is 0. The lowest BCUT2D eigenvalue weighted by atomic mass is 10.2. The minimum atomic E-state index is 0.618. The van der Waals surface area contributed by atoms with Gasteiger partial charge in [0.2, 0.25) is 5.89 Å². The molecule has 0 amide bonds. The highest BCUT2D eigenvalue weighted by Crippen LogP contribution is 2.15. The van der Waals surface area contributed by atoms with E-state index in [1.807, 2.05) is 25.2 Å². The molecule has 0 unspecified atom stereocenters. The molecule has 0 saturated carbocycles. The summed E-state index contributed by atoms with van der Waals surface area (Å²) in [6, 6.07) is 0. The van der Waals surface area contributed by atoms with Crippen molar-refractivity contribution in [3.8, 4) is 0 Å². The standard InChI is InChI=1S/C10H10BrNO/c1-3-9(5-4-8(2)11)10-12-6-7-13-10/h3-7H,2H2,1H3/b5-4-,9-3+. The van der Waals surface area contributed by atoms with Crippen LogP contribution in [0.3, 0.4) is 0 Å². The molecule has 2 nitrogen and oxygen atoms in total. The van der Waals surface area contributed by atoms with E-state index in [9.17, 15) is 0 Å². The van der Waals surface area contributed by atoms with Gasteiger partial charge in [-0.05, 0) is 19.1 Å². The average molecular weight is 240 g/mol. The van der Waals surface area contributed by atoms with Gasteiger partial charge in [0, 0.05) is 10.1 Å². The molecule has 0 aliphatic carbocycles. The molecule has 1 heterocycles. The van der Waals surface area contributed by atoms with E-state index in [0.717, 1.165) is 10.1 Å². The van der Waals surface area contributed by atoms with Gasteiger partial charge in [-0.15, -0.1) is 0 Å². The SMILES string of the molecule is C=C(Br)/C=C\C(=C/C)c1ncco1. The van der Waals surface area contributed by atoms with E-state index in [4.69, 9.17) is 4.42 Å². The molecule has 0 saturated heterocycles. The summed E-state index contributed by atoms with van der Waals surface area (Å²) < 4.78 is 5.96. The molecular weight excluding hydrogens is 230 g/mol. The predicted octanol–water partition coefficient (Wildman–Crippen LogP) is 3.54. The van der Waals surface area contributed by atoms with Crippen molar-refractivity contribution < 1.29 is 4.42 Å². The van der Waals surface area contributed by atoms with E-state index < -0.39 is 0 Å². The zero-order valence-electron chi connectivity index (χ0n) is 7.33. The molecule has 0 atom stereocenters. The maximum absolute atomic E-state index is 5.14. The Bertz CT molecular complexity index is 336. The number of halogens is 1. The van der Waals surface area contributed by atoms with Crippen molar-refractivity contribution >= 4 is 21.5 Å². The topological polar surface area (TPSA) is 26.0 Å². The number of oxazole rings is 1. The maximum Gasteiger partial charge on any atom is 0.225 e. The highest BCUT2D eigenvalue weighted by atomic mass is 79.9. The monoisotopic (exact) mass is 239 g/mol. The minimum absolute atomic E-state index is 0.618. The van der Waals surface area contributed by atoms with Gasteiger partial charge in [0.15, 0.2) is 0 Å². The number of hydrogen-bond donors (Lipinski definition) is 0. The Kier molecular flexibility index (Phi) is 3.71. The van der Waals surface area contributed by atoms with Gasteiger partial charge in [-0.3, -0.25) is 0 Å². The van der Waals surface area contributed by atoms with E-state index >= 15 is 0 Å². The maximum atomic E-state index is 5.14. The van der Waals surface area contributed by atoms with Crippen molar-refractivity contribution in [1.29, 1.82) is 0 Å². The molecule has 0 fully saturated rings. The van der Waals surface area contributed by atoms with Crippen LogP contribution in [0, 0.1) is 0 Å². The Morgan fingerprint density at radius 3 is 2.85 bits per heavy atom. The Morgan fingerprint density at radius 2 is 2.38 bits per heavy atom. The Morgan fingerprint density at radius 1 is 1.62 bits per heavy atom. The third-order valence-corrected chi connectivity index (χ3v) is 1.70. The lowest BCUT2D eigenvalue weighted by Gasteiger charge is -1.93. The molecule has 0 bridgehead atoms. The summed E-state index contributed by atoms with van der Waals surface area (Å²) in [5.41, 5.74) is 0.936. The second-order valence-electron chi connectivity index (χ2n) is 2.36. The van der Waals surface area contributed by atoms with Crippen LogP contribution in [0.4, 0.5) is 0 Å². The molecule has 0 aliphatic rings. The van der Waals surface area contributed by atoms with Crippen LogP contribution in [0.15, 0.2) is 46.2 Å². The van der Waals surface area contributed by atoms with Crippen LogP contribution in [0.5, 0.6) is 0 Å². The van der Waals surface area contributed by atoms with Crippen LogP contribution in [-0.4, -0.2) is 4.98 Å². The summed E-state index contributed by atoms with van der Waals surface area (Å²) in [4.78, 5) is 4.03. The minimum Gasteiger partial charge on any atom is -0.445 e. The van der Waals surface area contributed by atoms with Crippen molar-refractivity contribution in [3.63, 3.8) is 0 Å². The molecule has 0 N–H and O–H groups in total. The van der Waals surface area contributed by atoms with Gasteiger partial charge in [-0.1, -0.05) is 28.6 Å². The third kappa shape index (κ3) is 3.03. The Balaban J connectivity index is 2.83. The zero-order valence-corrected chi connectivity index (χ0v) is 8.91. The number of rotatable bonds is 3. The van der Waals surface area contributed by atoms with Gasteiger partial charge in [0.25, 0.3) is 0 Å². The lowest BCUT2D eigenvalue weighted by molar-refractivity contribution is 0.543. The normalized spacial score (nSPS) is 12.3. The highest BCUT2D eigenvalue weighted by Gasteiger charge is 1.99. The number of aromatic nitrogens is 1. The van der Waals surface area contributed by atoms with Gasteiger partial charge in [-0.25, -0.2) is 4.98 Å². The van der Waals surface area contributed by atoms with Gasteiger partial charge in [0.1, 0.15) is 6.26 Å². The Hall–Kier alpha value is -1.09. The van der Waals surface area contributed by atoms with Gasteiger partial charge in [0.05, 0.1) is 6.20 Å². The summed E-state index contributed by atoms with van der Waals surface area (Å²) in [6.07, 6.45) is 8.84. The molecule has 13 heavy (non-hydrogen) atoms. The smallest absolute Gasteiger partial charge is 0.225 e. The summed E-state index contributed by atoms with van der Waals surface area (Å²) in [5.74, 6) is 0.618. The first-order valence-corrected chi connectivity index (χ1v) is 4.62. The molecule has 0 spiro atoms. The van der Waals surface area contributed by atoms with Crippen LogP contribution < -0.4 is 0 Å². The molecule has 0 aliphatic heterocycles. The van der Waals surface area contributed by atoms with E-state index in [1.165, 1.54) is 0 Å². The molecule has 68 valence electrons. The van der Waals surface area contributed by atoms with E-state index in [0.29, 0.717) is 5.89 Å². The highest BCUT2D eigenvalue weighted by molar-refractivity contribution is 9.11. The molecule has 1 aromatic rings. The van der Waals surface area contributed by atoms with E-state index in [2.05, 4.69) is 27.5 Å². The van der Waals surface area contributed by atoms with Crippen LogP contribution in [0.2, 0.25) is 0 Å². The lowest BCUT2D eigenvalue weighted by Crippen LogP contribution is -1.78. The quantitative estimate of drug-likeness (QED) is 0.755. The summed E-state index contributed by atoms with van der Waals surface area (Å²) >= 11 is 3.24. The van der Waals surface area contributed by atoms with Crippen molar-refractivity contribution in [1.82, 2.24) is 4.98 Å². The predicted molar refractivity (Wildman–Crippen MR) is 57.4 cm³/mol. The first-order valence-electron chi connectivity index (χ1n) is 3.82. The van der Waals surface area contributed by atoms with Crippen molar-refractivity contribution in [3.05, 3.63) is 47.6 Å². The Labute approximate surface area is 85.8 Å². The second-order valence-corrected chi connectivity index (χ2v) is 3.38. The fraction of sp³-hybridized carbons (Fsp3) is 0.100. The van der Waals surface area contributed by atoms with E-state index in [1.54, 1.807) is 12.5 Å².